The van der Waals surface area contributed by atoms with Gasteiger partial charge in [0.05, 0.1) is 0 Å². The zero-order valence-electron chi connectivity index (χ0n) is 9.01. The zero-order chi connectivity index (χ0) is 11.8. The van der Waals surface area contributed by atoms with Crippen molar-refractivity contribution in [3.05, 3.63) is 35.9 Å². The van der Waals surface area contributed by atoms with Crippen molar-refractivity contribution < 1.29 is 9.53 Å². The summed E-state index contributed by atoms with van der Waals surface area (Å²) < 4.78 is 4.94. The van der Waals surface area contributed by atoms with E-state index in [1.54, 1.807) is 0 Å². The number of hydrogen-bond acceptors (Lipinski definition) is 3. The maximum Gasteiger partial charge on any atom is 0.414 e. The number of rotatable bonds is 2. The lowest BCUT2D eigenvalue weighted by atomic mass is 10.2. The van der Waals surface area contributed by atoms with Crippen LogP contribution in [0.5, 0.6) is 0 Å². The van der Waals surface area contributed by atoms with Crippen molar-refractivity contribution >= 4 is 18.8 Å². The molecule has 0 bridgehead atoms. The first kappa shape index (κ1) is 11.9. The SMILES string of the molecule is C=N/C(=N\C)NC(=O)OCc1ccccc1. The van der Waals surface area contributed by atoms with Crippen LogP contribution < -0.4 is 5.32 Å². The maximum absolute atomic E-state index is 11.2. The van der Waals surface area contributed by atoms with Gasteiger partial charge in [-0.05, 0) is 12.3 Å². The van der Waals surface area contributed by atoms with E-state index in [1.165, 1.54) is 7.05 Å². The molecule has 0 spiro atoms. The van der Waals surface area contributed by atoms with Crippen LogP contribution in [0.15, 0.2) is 40.3 Å². The quantitative estimate of drug-likeness (QED) is 0.606. The van der Waals surface area contributed by atoms with E-state index in [2.05, 4.69) is 22.0 Å². The van der Waals surface area contributed by atoms with Crippen molar-refractivity contribution in [2.24, 2.45) is 9.98 Å². The molecule has 0 aliphatic carbocycles. The predicted octanol–water partition coefficient (Wildman–Crippen LogP) is 1.60. The summed E-state index contributed by atoms with van der Waals surface area (Å²) in [5.41, 5.74) is 0.916. The molecule has 84 valence electrons. The largest absolute Gasteiger partial charge is 0.444 e. The monoisotopic (exact) mass is 219 g/mol. The summed E-state index contributed by atoms with van der Waals surface area (Å²) in [6, 6.07) is 9.39. The average molecular weight is 219 g/mol. The fourth-order valence-corrected chi connectivity index (χ4v) is 1.02. The fraction of sp³-hybridized carbons (Fsp3) is 0.182. The number of benzene rings is 1. The van der Waals surface area contributed by atoms with E-state index < -0.39 is 6.09 Å². The molecule has 0 radical (unpaired) electrons. The van der Waals surface area contributed by atoms with Crippen LogP contribution in [0.25, 0.3) is 0 Å². The number of carbonyl (C=O) groups excluding carboxylic acids is 1. The molecule has 0 aromatic heterocycles. The molecule has 0 atom stereocenters. The molecule has 0 aliphatic rings. The topological polar surface area (TPSA) is 63.0 Å². The van der Waals surface area contributed by atoms with E-state index in [0.29, 0.717) is 0 Å². The fourth-order valence-electron chi connectivity index (χ4n) is 1.02. The zero-order valence-corrected chi connectivity index (χ0v) is 9.01. The summed E-state index contributed by atoms with van der Waals surface area (Å²) in [7, 11) is 1.50. The van der Waals surface area contributed by atoms with Crippen LogP contribution in [-0.4, -0.2) is 25.8 Å². The first-order valence-electron chi connectivity index (χ1n) is 4.67. The normalized spacial score (nSPS) is 10.7. The highest BCUT2D eigenvalue weighted by atomic mass is 16.5. The van der Waals surface area contributed by atoms with E-state index in [0.717, 1.165) is 5.56 Å². The van der Waals surface area contributed by atoms with Crippen LogP contribution in [0.4, 0.5) is 4.79 Å². The smallest absolute Gasteiger partial charge is 0.414 e. The maximum atomic E-state index is 11.2. The van der Waals surface area contributed by atoms with Crippen LogP contribution in [0.2, 0.25) is 0 Å². The highest BCUT2D eigenvalue weighted by molar-refractivity contribution is 5.95. The van der Waals surface area contributed by atoms with Gasteiger partial charge in [0, 0.05) is 7.05 Å². The highest BCUT2D eigenvalue weighted by Gasteiger charge is 2.04. The number of amides is 1. The molecule has 1 aromatic rings. The number of alkyl carbamates (subject to hydrolysis) is 1. The van der Waals surface area contributed by atoms with Crippen molar-refractivity contribution in [1.82, 2.24) is 5.32 Å². The van der Waals surface area contributed by atoms with Gasteiger partial charge in [-0.3, -0.25) is 10.3 Å². The van der Waals surface area contributed by atoms with Gasteiger partial charge in [-0.2, -0.15) is 0 Å². The standard InChI is InChI=1S/C11H13N3O2/c1-12-10(13-2)14-11(15)16-8-9-6-4-3-5-7-9/h3-7H,1,8H2,2H3,(H,13,14,15). The summed E-state index contributed by atoms with van der Waals surface area (Å²) in [6.45, 7) is 3.46. The first-order chi connectivity index (χ1) is 7.76. The molecule has 1 rings (SSSR count). The van der Waals surface area contributed by atoms with E-state index in [1.807, 2.05) is 30.3 Å². The number of carbonyl (C=O) groups is 1. The Balaban J connectivity index is 2.39. The molecule has 1 aromatic carbocycles. The minimum absolute atomic E-state index is 0.137. The minimum atomic E-state index is -0.600. The Morgan fingerprint density at radius 3 is 2.69 bits per heavy atom. The summed E-state index contributed by atoms with van der Waals surface area (Å²) in [6.07, 6.45) is -0.600. The van der Waals surface area contributed by atoms with Gasteiger partial charge in [-0.25, -0.2) is 9.79 Å². The Hall–Kier alpha value is -2.17. The Labute approximate surface area is 93.9 Å². The van der Waals surface area contributed by atoms with Crippen molar-refractivity contribution in [3.63, 3.8) is 0 Å². The minimum Gasteiger partial charge on any atom is -0.444 e. The van der Waals surface area contributed by atoms with Gasteiger partial charge < -0.3 is 4.74 Å². The van der Waals surface area contributed by atoms with Gasteiger partial charge in [0.1, 0.15) is 6.61 Å². The third-order valence-corrected chi connectivity index (χ3v) is 1.79. The second-order valence-corrected chi connectivity index (χ2v) is 2.89. The van der Waals surface area contributed by atoms with Crippen molar-refractivity contribution in [2.75, 3.05) is 7.05 Å². The molecule has 1 N–H and O–H groups in total. The molecule has 16 heavy (non-hydrogen) atoms. The number of guanidine groups is 1. The molecule has 0 saturated carbocycles. The molecule has 0 fully saturated rings. The third kappa shape index (κ3) is 3.91. The molecule has 0 heterocycles. The molecule has 5 nitrogen and oxygen atoms in total. The lowest BCUT2D eigenvalue weighted by Crippen LogP contribution is -2.29. The molecule has 1 amide bonds. The second kappa shape index (κ2) is 6.34. The van der Waals surface area contributed by atoms with Gasteiger partial charge in [0.15, 0.2) is 0 Å². The van der Waals surface area contributed by atoms with Gasteiger partial charge in [0.2, 0.25) is 5.96 Å². The van der Waals surface area contributed by atoms with Crippen molar-refractivity contribution in [2.45, 2.75) is 6.61 Å². The number of hydrogen-bond donors (Lipinski definition) is 1. The van der Waals surface area contributed by atoms with Crippen LogP contribution in [0.3, 0.4) is 0 Å². The van der Waals surface area contributed by atoms with E-state index in [-0.39, 0.29) is 12.6 Å². The lowest BCUT2D eigenvalue weighted by molar-refractivity contribution is 0.145. The summed E-state index contributed by atoms with van der Waals surface area (Å²) >= 11 is 0. The molecule has 0 saturated heterocycles. The summed E-state index contributed by atoms with van der Waals surface area (Å²) in [5.74, 6) is 0.137. The third-order valence-electron chi connectivity index (χ3n) is 1.79. The van der Waals surface area contributed by atoms with Gasteiger partial charge in [-0.1, -0.05) is 30.3 Å². The highest BCUT2D eigenvalue weighted by Crippen LogP contribution is 2.00. The molecular formula is C11H13N3O2. The number of aliphatic imine (C=N–C) groups is 2. The molecular weight excluding hydrogens is 206 g/mol. The Morgan fingerprint density at radius 2 is 2.12 bits per heavy atom. The van der Waals surface area contributed by atoms with Gasteiger partial charge in [-0.15, -0.1) is 0 Å². The number of ether oxygens (including phenoxy) is 1. The molecule has 0 aliphatic heterocycles. The Kier molecular flexibility index (Phi) is 4.72. The molecule has 0 unspecified atom stereocenters. The average Bonchev–Trinajstić information content (AvgIpc) is 2.34. The van der Waals surface area contributed by atoms with Gasteiger partial charge >= 0.3 is 6.09 Å². The van der Waals surface area contributed by atoms with Crippen LogP contribution in [-0.2, 0) is 11.3 Å². The molecule has 5 heteroatoms. The van der Waals surface area contributed by atoms with E-state index in [4.69, 9.17) is 4.74 Å². The Bertz CT molecular complexity index is 387. The number of nitrogens with one attached hydrogen (secondary N) is 1. The summed E-state index contributed by atoms with van der Waals surface area (Å²) in [4.78, 5) is 18.4. The number of nitrogens with zero attached hydrogens (tertiary/aromatic N) is 2. The summed E-state index contributed by atoms with van der Waals surface area (Å²) in [5, 5.41) is 2.35. The van der Waals surface area contributed by atoms with E-state index in [9.17, 15) is 4.79 Å². The van der Waals surface area contributed by atoms with Crippen molar-refractivity contribution in [3.8, 4) is 0 Å². The van der Waals surface area contributed by atoms with Gasteiger partial charge in [0.25, 0.3) is 0 Å². The first-order valence-corrected chi connectivity index (χ1v) is 4.67. The second-order valence-electron chi connectivity index (χ2n) is 2.89. The van der Waals surface area contributed by atoms with Crippen LogP contribution in [0.1, 0.15) is 5.56 Å². The van der Waals surface area contributed by atoms with Crippen LogP contribution in [0, 0.1) is 0 Å². The van der Waals surface area contributed by atoms with Crippen LogP contribution >= 0.6 is 0 Å². The predicted molar refractivity (Wildman–Crippen MR) is 62.7 cm³/mol. The van der Waals surface area contributed by atoms with E-state index >= 15 is 0 Å². The van der Waals surface area contributed by atoms with Crippen molar-refractivity contribution in [1.29, 1.82) is 0 Å². The Morgan fingerprint density at radius 1 is 1.44 bits per heavy atom. The lowest BCUT2D eigenvalue weighted by Gasteiger charge is -2.05.